The van der Waals surface area contributed by atoms with Gasteiger partial charge in [0, 0.05) is 24.5 Å². The Morgan fingerprint density at radius 3 is 2.81 bits per heavy atom. The molecule has 0 unspecified atom stereocenters. The van der Waals surface area contributed by atoms with Crippen LogP contribution in [0.2, 0.25) is 0 Å². The van der Waals surface area contributed by atoms with Crippen LogP contribution in [0.25, 0.3) is 0 Å². The van der Waals surface area contributed by atoms with Gasteiger partial charge in [0.15, 0.2) is 0 Å². The van der Waals surface area contributed by atoms with Gasteiger partial charge in [-0.15, -0.1) is 0 Å². The molecule has 0 fully saturated rings. The van der Waals surface area contributed by atoms with Crippen molar-refractivity contribution in [3.63, 3.8) is 0 Å². The summed E-state index contributed by atoms with van der Waals surface area (Å²) in [5.74, 6) is 0.197. The first kappa shape index (κ1) is 13.3. The quantitative estimate of drug-likeness (QED) is 0.822. The minimum Gasteiger partial charge on any atom is -0.466 e. The second-order valence-corrected chi connectivity index (χ2v) is 4.93. The highest BCUT2D eigenvalue weighted by molar-refractivity contribution is 5.92. The number of methoxy groups -OCH3 is 1. The Hall–Kier alpha value is -2.64. The zero-order valence-electron chi connectivity index (χ0n) is 12.3. The van der Waals surface area contributed by atoms with Gasteiger partial charge in [0.2, 0.25) is 5.95 Å². The maximum Gasteiger partial charge on any atom is 0.338 e. The Bertz CT molecular complexity index is 742. The Labute approximate surface area is 121 Å². The van der Waals surface area contributed by atoms with Gasteiger partial charge in [-0.3, -0.25) is 4.68 Å². The van der Waals surface area contributed by atoms with Crippen LogP contribution in [0.4, 0.5) is 5.95 Å². The van der Waals surface area contributed by atoms with Gasteiger partial charge in [0.25, 0.3) is 0 Å². The van der Waals surface area contributed by atoms with Crippen LogP contribution in [0.5, 0.6) is 0 Å². The number of carbonyl (C=O) groups is 1. The molecule has 0 bridgehead atoms. The number of hydrogen-bond donors (Lipinski definition) is 1. The van der Waals surface area contributed by atoms with E-state index in [2.05, 4.69) is 20.5 Å². The summed E-state index contributed by atoms with van der Waals surface area (Å²) in [5.41, 5.74) is 2.94. The van der Waals surface area contributed by atoms with Crippen LogP contribution in [-0.2, 0) is 16.6 Å². The summed E-state index contributed by atoms with van der Waals surface area (Å²) in [5, 5.41) is 11.7. The van der Waals surface area contributed by atoms with Crippen molar-refractivity contribution in [2.45, 2.75) is 19.9 Å². The Morgan fingerprint density at radius 2 is 2.19 bits per heavy atom. The molecule has 0 aliphatic carbocycles. The summed E-state index contributed by atoms with van der Waals surface area (Å²) in [7, 11) is 3.21. The van der Waals surface area contributed by atoms with E-state index in [9.17, 15) is 4.79 Å². The summed E-state index contributed by atoms with van der Waals surface area (Å²) in [6, 6.07) is -0.398. The predicted molar refractivity (Wildman–Crippen MR) is 74.4 cm³/mol. The minimum atomic E-state index is -0.398. The summed E-state index contributed by atoms with van der Waals surface area (Å²) >= 11 is 0. The molecule has 21 heavy (non-hydrogen) atoms. The molecule has 3 rings (SSSR count). The number of anilines is 1. The van der Waals surface area contributed by atoms with Crippen LogP contribution in [-0.4, -0.2) is 37.6 Å². The van der Waals surface area contributed by atoms with Crippen LogP contribution in [0, 0.1) is 6.92 Å². The summed E-state index contributed by atoms with van der Waals surface area (Å²) < 4.78 is 8.31. The zero-order valence-corrected chi connectivity index (χ0v) is 12.3. The molecule has 3 heterocycles. The Balaban J connectivity index is 2.22. The van der Waals surface area contributed by atoms with Gasteiger partial charge in [-0.05, 0) is 13.8 Å². The largest absolute Gasteiger partial charge is 0.466 e. The number of nitrogens with zero attached hydrogens (tertiary/aromatic N) is 5. The van der Waals surface area contributed by atoms with Gasteiger partial charge < -0.3 is 10.1 Å². The van der Waals surface area contributed by atoms with E-state index >= 15 is 0 Å². The number of esters is 1. The second-order valence-electron chi connectivity index (χ2n) is 4.93. The molecule has 0 amide bonds. The molecular formula is C13H16N6O2. The number of nitrogens with one attached hydrogen (secondary N) is 1. The maximum atomic E-state index is 12.2. The average molecular weight is 288 g/mol. The fourth-order valence-electron chi connectivity index (χ4n) is 2.64. The van der Waals surface area contributed by atoms with Crippen LogP contribution in [0.3, 0.4) is 0 Å². The molecule has 0 saturated carbocycles. The van der Waals surface area contributed by atoms with Crippen LogP contribution >= 0.6 is 0 Å². The summed E-state index contributed by atoms with van der Waals surface area (Å²) in [4.78, 5) is 16.4. The fourth-order valence-corrected chi connectivity index (χ4v) is 2.64. The van der Waals surface area contributed by atoms with E-state index in [4.69, 9.17) is 4.74 Å². The lowest BCUT2D eigenvalue weighted by molar-refractivity contribution is -0.136. The molecule has 0 saturated heterocycles. The molecule has 8 heteroatoms. The van der Waals surface area contributed by atoms with Crippen molar-refractivity contribution in [2.24, 2.45) is 7.05 Å². The average Bonchev–Trinajstić information content (AvgIpc) is 3.02. The van der Waals surface area contributed by atoms with Crippen LogP contribution in [0.15, 0.2) is 23.8 Å². The first-order valence-corrected chi connectivity index (χ1v) is 6.48. The van der Waals surface area contributed by atoms with E-state index in [0.29, 0.717) is 17.2 Å². The molecule has 0 radical (unpaired) electrons. The van der Waals surface area contributed by atoms with Crippen LogP contribution < -0.4 is 5.32 Å². The number of carbonyl (C=O) groups excluding carboxylic acids is 1. The molecule has 0 aromatic carbocycles. The summed E-state index contributed by atoms with van der Waals surface area (Å²) in [6.07, 6.45) is 3.33. The highest BCUT2D eigenvalue weighted by atomic mass is 16.5. The molecule has 8 nitrogen and oxygen atoms in total. The van der Waals surface area contributed by atoms with E-state index in [-0.39, 0.29) is 0 Å². The molecule has 2 aromatic rings. The lowest BCUT2D eigenvalue weighted by atomic mass is 9.96. The first-order valence-electron chi connectivity index (χ1n) is 6.48. The second kappa shape index (κ2) is 4.72. The van der Waals surface area contributed by atoms with Gasteiger partial charge >= 0.3 is 5.97 Å². The number of allylic oxidation sites excluding steroid dienone is 1. The van der Waals surface area contributed by atoms with E-state index in [0.717, 1.165) is 11.3 Å². The monoisotopic (exact) mass is 288 g/mol. The third kappa shape index (κ3) is 1.99. The fraction of sp³-hybridized carbons (Fsp3) is 0.385. The number of hydrogen-bond acceptors (Lipinski definition) is 6. The molecule has 2 aromatic heterocycles. The topological polar surface area (TPSA) is 86.9 Å². The van der Waals surface area contributed by atoms with Crippen LogP contribution in [0.1, 0.15) is 24.2 Å². The number of rotatable bonds is 2. The minimum absolute atomic E-state index is 0.394. The van der Waals surface area contributed by atoms with Gasteiger partial charge in [-0.1, -0.05) is 0 Å². The van der Waals surface area contributed by atoms with Gasteiger partial charge in [-0.25, -0.2) is 9.48 Å². The predicted octanol–water partition coefficient (Wildman–Crippen LogP) is 0.782. The van der Waals surface area contributed by atoms with Crippen molar-refractivity contribution in [1.82, 2.24) is 24.5 Å². The SMILES string of the molecule is COC(=O)C1=C(C)Nc2ncnn2[C@@H]1c1cn(C)nc1C. The van der Waals surface area contributed by atoms with E-state index in [1.54, 1.807) is 9.36 Å². The first-order chi connectivity index (χ1) is 10.0. The molecule has 1 N–H and O–H groups in total. The molecular weight excluding hydrogens is 272 g/mol. The highest BCUT2D eigenvalue weighted by Gasteiger charge is 2.35. The molecule has 0 spiro atoms. The van der Waals surface area contributed by atoms with Gasteiger partial charge in [0.1, 0.15) is 12.4 Å². The van der Waals surface area contributed by atoms with Crippen molar-refractivity contribution in [3.05, 3.63) is 35.1 Å². The van der Waals surface area contributed by atoms with E-state index in [1.807, 2.05) is 27.1 Å². The molecule has 1 atom stereocenters. The number of aromatic nitrogens is 5. The summed E-state index contributed by atoms with van der Waals surface area (Å²) in [6.45, 7) is 3.72. The van der Waals surface area contributed by atoms with Crippen molar-refractivity contribution < 1.29 is 9.53 Å². The highest BCUT2D eigenvalue weighted by Crippen LogP contribution is 2.35. The Morgan fingerprint density at radius 1 is 1.43 bits per heavy atom. The molecule has 110 valence electrons. The number of aryl methyl sites for hydroxylation is 2. The van der Waals surface area contributed by atoms with E-state index in [1.165, 1.54) is 13.4 Å². The van der Waals surface area contributed by atoms with Crippen molar-refractivity contribution in [3.8, 4) is 0 Å². The smallest absolute Gasteiger partial charge is 0.338 e. The standard InChI is InChI=1S/C13H16N6O2/c1-7-9(5-18(3)17-7)11-10(12(20)21-4)8(2)16-13-14-6-15-19(11)13/h5-6,11H,1-4H3,(H,14,15,16)/t11-/m1/s1. The van der Waals surface area contributed by atoms with Gasteiger partial charge in [0.05, 0.1) is 18.4 Å². The van der Waals surface area contributed by atoms with E-state index < -0.39 is 12.0 Å². The van der Waals surface area contributed by atoms with Gasteiger partial charge in [-0.2, -0.15) is 15.2 Å². The lowest BCUT2D eigenvalue weighted by Gasteiger charge is -2.27. The van der Waals surface area contributed by atoms with Crippen molar-refractivity contribution in [1.29, 1.82) is 0 Å². The number of ether oxygens (including phenoxy) is 1. The maximum absolute atomic E-state index is 12.2. The molecule has 1 aliphatic rings. The Kier molecular flexibility index (Phi) is 3.00. The normalized spacial score (nSPS) is 17.4. The third-order valence-electron chi connectivity index (χ3n) is 3.55. The number of fused-ring (bicyclic) bond motifs is 1. The van der Waals surface area contributed by atoms with Crippen molar-refractivity contribution in [2.75, 3.05) is 12.4 Å². The lowest BCUT2D eigenvalue weighted by Crippen LogP contribution is -2.29. The molecule has 1 aliphatic heterocycles. The third-order valence-corrected chi connectivity index (χ3v) is 3.55. The zero-order chi connectivity index (χ0) is 15.1. The van der Waals surface area contributed by atoms with Crippen molar-refractivity contribution >= 4 is 11.9 Å².